The number of carbonyl (C=O) groups is 3. The van der Waals surface area contributed by atoms with Crippen LogP contribution in [0.1, 0.15) is 46.0 Å². The standard InChI is InChI=1S/C14H21NO4/c1-8(2)11(7-12(16)17)15-13(18)9-5-3-4-6-10(9)14(15)19/h8-11H,3-7H2,1-2H3,(H,16,17). The first kappa shape index (κ1) is 14.0. The first-order valence-corrected chi connectivity index (χ1v) is 7.02. The smallest absolute Gasteiger partial charge is 0.305 e. The van der Waals surface area contributed by atoms with Crippen LogP contribution in [0, 0.1) is 17.8 Å². The average molecular weight is 267 g/mol. The topological polar surface area (TPSA) is 74.7 Å². The van der Waals surface area contributed by atoms with Crippen molar-refractivity contribution < 1.29 is 19.5 Å². The van der Waals surface area contributed by atoms with Crippen molar-refractivity contribution in [3.05, 3.63) is 0 Å². The number of aliphatic carboxylic acids is 1. The van der Waals surface area contributed by atoms with Gasteiger partial charge >= 0.3 is 5.97 Å². The van der Waals surface area contributed by atoms with Crippen LogP contribution in [0.4, 0.5) is 0 Å². The Morgan fingerprint density at radius 2 is 1.68 bits per heavy atom. The minimum atomic E-state index is -0.964. The molecule has 0 aromatic rings. The van der Waals surface area contributed by atoms with Crippen LogP contribution in [0.5, 0.6) is 0 Å². The Balaban J connectivity index is 2.24. The predicted octanol–water partition coefficient (Wildman–Crippen LogP) is 1.66. The van der Waals surface area contributed by atoms with Gasteiger partial charge in [0.25, 0.3) is 0 Å². The monoisotopic (exact) mass is 267 g/mol. The predicted molar refractivity (Wildman–Crippen MR) is 68.2 cm³/mol. The van der Waals surface area contributed by atoms with Crippen LogP contribution in [0.2, 0.25) is 0 Å². The molecule has 1 N–H and O–H groups in total. The molecule has 19 heavy (non-hydrogen) atoms. The van der Waals surface area contributed by atoms with Gasteiger partial charge in [-0.25, -0.2) is 0 Å². The van der Waals surface area contributed by atoms with Gasteiger partial charge in [-0.1, -0.05) is 26.7 Å². The first-order valence-electron chi connectivity index (χ1n) is 7.02. The highest BCUT2D eigenvalue weighted by molar-refractivity contribution is 6.05. The summed E-state index contributed by atoms with van der Waals surface area (Å²) in [6.07, 6.45) is 3.35. The highest BCUT2D eigenvalue weighted by Crippen LogP contribution is 2.40. The molecule has 0 spiro atoms. The lowest BCUT2D eigenvalue weighted by Gasteiger charge is -2.28. The molecule has 2 aliphatic rings. The Morgan fingerprint density at radius 3 is 2.05 bits per heavy atom. The zero-order valence-electron chi connectivity index (χ0n) is 11.5. The van der Waals surface area contributed by atoms with Crippen LogP contribution in [0.3, 0.4) is 0 Å². The number of carboxylic acids is 1. The molecule has 1 heterocycles. The van der Waals surface area contributed by atoms with E-state index in [1.54, 1.807) is 0 Å². The molecule has 2 fully saturated rings. The van der Waals surface area contributed by atoms with Crippen LogP contribution in [-0.4, -0.2) is 33.8 Å². The Morgan fingerprint density at radius 1 is 1.21 bits per heavy atom. The van der Waals surface area contributed by atoms with E-state index in [9.17, 15) is 14.4 Å². The van der Waals surface area contributed by atoms with Crippen LogP contribution in [0.15, 0.2) is 0 Å². The molecule has 2 rings (SSSR count). The Kier molecular flexibility index (Phi) is 3.92. The number of carbonyl (C=O) groups excluding carboxylic acids is 2. The molecule has 3 atom stereocenters. The highest BCUT2D eigenvalue weighted by Gasteiger charge is 2.51. The molecule has 0 aromatic heterocycles. The lowest BCUT2D eigenvalue weighted by molar-refractivity contribution is -0.146. The number of hydrogen-bond donors (Lipinski definition) is 1. The van der Waals surface area contributed by atoms with Gasteiger partial charge in [0.2, 0.25) is 11.8 Å². The van der Waals surface area contributed by atoms with Crippen molar-refractivity contribution in [3.8, 4) is 0 Å². The van der Waals surface area contributed by atoms with Gasteiger partial charge in [-0.3, -0.25) is 19.3 Å². The molecule has 1 aliphatic carbocycles. The van der Waals surface area contributed by atoms with Gasteiger partial charge in [0.1, 0.15) is 0 Å². The van der Waals surface area contributed by atoms with Gasteiger partial charge in [-0.2, -0.15) is 0 Å². The average Bonchev–Trinajstić information content (AvgIpc) is 2.60. The van der Waals surface area contributed by atoms with Gasteiger partial charge in [0, 0.05) is 0 Å². The van der Waals surface area contributed by atoms with Crippen molar-refractivity contribution >= 4 is 17.8 Å². The van der Waals surface area contributed by atoms with E-state index >= 15 is 0 Å². The van der Waals surface area contributed by atoms with Gasteiger partial charge in [0.05, 0.1) is 24.3 Å². The zero-order chi connectivity index (χ0) is 14.2. The number of nitrogens with zero attached hydrogens (tertiary/aromatic N) is 1. The van der Waals surface area contributed by atoms with Crippen molar-refractivity contribution in [2.75, 3.05) is 0 Å². The van der Waals surface area contributed by atoms with Crippen LogP contribution in [0.25, 0.3) is 0 Å². The summed E-state index contributed by atoms with van der Waals surface area (Å²) in [5.74, 6) is -1.68. The second kappa shape index (κ2) is 5.31. The molecule has 5 heteroatoms. The van der Waals surface area contributed by atoms with E-state index in [4.69, 9.17) is 5.11 Å². The summed E-state index contributed by atoms with van der Waals surface area (Å²) in [5, 5.41) is 8.97. The summed E-state index contributed by atoms with van der Waals surface area (Å²) < 4.78 is 0. The number of carboxylic acid groups (broad SMARTS) is 1. The second-order valence-electron chi connectivity index (χ2n) is 5.95. The lowest BCUT2D eigenvalue weighted by atomic mass is 9.81. The number of hydrogen-bond acceptors (Lipinski definition) is 3. The Hall–Kier alpha value is -1.39. The van der Waals surface area contributed by atoms with Gasteiger partial charge < -0.3 is 5.11 Å². The first-order chi connectivity index (χ1) is 8.93. The van der Waals surface area contributed by atoms with Crippen LogP contribution < -0.4 is 0 Å². The van der Waals surface area contributed by atoms with E-state index in [0.717, 1.165) is 25.7 Å². The molecule has 0 radical (unpaired) electrons. The van der Waals surface area contributed by atoms with E-state index in [0.29, 0.717) is 0 Å². The van der Waals surface area contributed by atoms with Crippen molar-refractivity contribution in [2.24, 2.45) is 17.8 Å². The third-order valence-corrected chi connectivity index (χ3v) is 4.36. The maximum absolute atomic E-state index is 12.4. The quantitative estimate of drug-likeness (QED) is 0.786. The largest absolute Gasteiger partial charge is 0.481 e. The third-order valence-electron chi connectivity index (χ3n) is 4.36. The highest BCUT2D eigenvalue weighted by atomic mass is 16.4. The van der Waals surface area contributed by atoms with E-state index in [1.807, 2.05) is 13.8 Å². The lowest BCUT2D eigenvalue weighted by Crippen LogP contribution is -2.44. The zero-order valence-corrected chi connectivity index (χ0v) is 11.5. The molecule has 3 unspecified atom stereocenters. The summed E-state index contributed by atoms with van der Waals surface area (Å²) in [4.78, 5) is 37.0. The molecule has 2 amide bonds. The number of amides is 2. The van der Waals surface area contributed by atoms with Crippen molar-refractivity contribution in [3.63, 3.8) is 0 Å². The van der Waals surface area contributed by atoms with Crippen LogP contribution in [-0.2, 0) is 14.4 Å². The van der Waals surface area contributed by atoms with E-state index < -0.39 is 12.0 Å². The van der Waals surface area contributed by atoms with Crippen LogP contribution >= 0.6 is 0 Å². The van der Waals surface area contributed by atoms with E-state index in [2.05, 4.69) is 0 Å². The molecule has 0 aromatic carbocycles. The van der Waals surface area contributed by atoms with E-state index in [-0.39, 0.29) is 36.0 Å². The van der Waals surface area contributed by atoms with Gasteiger partial charge in [0.15, 0.2) is 0 Å². The molecular formula is C14H21NO4. The fourth-order valence-corrected chi connectivity index (χ4v) is 3.32. The summed E-state index contributed by atoms with van der Waals surface area (Å²) in [6, 6.07) is -0.511. The molecule has 1 saturated carbocycles. The maximum atomic E-state index is 12.4. The SMILES string of the molecule is CC(C)C(CC(=O)O)N1C(=O)C2CCCCC2C1=O. The Bertz CT molecular complexity index is 380. The van der Waals surface area contributed by atoms with Crippen molar-refractivity contribution in [1.29, 1.82) is 0 Å². The molecule has 106 valence electrons. The minimum Gasteiger partial charge on any atom is -0.481 e. The molecule has 5 nitrogen and oxygen atoms in total. The fraction of sp³-hybridized carbons (Fsp3) is 0.786. The molecule has 1 saturated heterocycles. The summed E-state index contributed by atoms with van der Waals surface area (Å²) in [6.45, 7) is 3.71. The third kappa shape index (κ3) is 2.51. The number of likely N-dealkylation sites (tertiary alicyclic amines) is 1. The fourth-order valence-electron chi connectivity index (χ4n) is 3.32. The molecule has 1 aliphatic heterocycles. The second-order valence-corrected chi connectivity index (χ2v) is 5.95. The van der Waals surface area contributed by atoms with E-state index in [1.165, 1.54) is 4.90 Å². The maximum Gasteiger partial charge on any atom is 0.305 e. The molecule has 0 bridgehead atoms. The Labute approximate surface area is 113 Å². The minimum absolute atomic E-state index is 0.0378. The van der Waals surface area contributed by atoms with Gasteiger partial charge in [-0.15, -0.1) is 0 Å². The molecular weight excluding hydrogens is 246 g/mol. The van der Waals surface area contributed by atoms with Crippen molar-refractivity contribution in [2.45, 2.75) is 52.0 Å². The normalized spacial score (nSPS) is 28.7. The summed E-state index contributed by atoms with van der Waals surface area (Å²) >= 11 is 0. The number of rotatable bonds is 4. The number of imide groups is 1. The van der Waals surface area contributed by atoms with Gasteiger partial charge in [-0.05, 0) is 18.8 Å². The summed E-state index contributed by atoms with van der Waals surface area (Å²) in [7, 11) is 0. The summed E-state index contributed by atoms with van der Waals surface area (Å²) in [5.41, 5.74) is 0. The van der Waals surface area contributed by atoms with Crippen molar-refractivity contribution in [1.82, 2.24) is 4.90 Å². The number of fused-ring (bicyclic) bond motifs is 1.